The van der Waals surface area contributed by atoms with Crippen LogP contribution >= 0.6 is 11.3 Å². The number of anilines is 1. The Morgan fingerprint density at radius 3 is 3.25 bits per heavy atom. The van der Waals surface area contributed by atoms with Gasteiger partial charge in [-0.2, -0.15) is 0 Å². The van der Waals surface area contributed by atoms with Gasteiger partial charge in [0.25, 0.3) is 5.91 Å². The number of carbonyl (C=O) groups is 1. The fraction of sp³-hybridized carbons (Fsp3) is 0.308. The summed E-state index contributed by atoms with van der Waals surface area (Å²) in [5, 5.41) is 3.36. The lowest BCUT2D eigenvalue weighted by Gasteiger charge is -2.08. The quantitative estimate of drug-likeness (QED) is 0.934. The van der Waals surface area contributed by atoms with Crippen LogP contribution in [0.5, 0.6) is 5.88 Å². The zero-order valence-electron chi connectivity index (χ0n) is 10.9. The Kier molecular flexibility index (Phi) is 3.62. The van der Waals surface area contributed by atoms with Crippen LogP contribution in [0.1, 0.15) is 20.9 Å². The Labute approximate surface area is 119 Å². The van der Waals surface area contributed by atoms with Gasteiger partial charge in [-0.1, -0.05) is 11.3 Å². The molecule has 7 heteroatoms. The summed E-state index contributed by atoms with van der Waals surface area (Å²) in [5.41, 5.74) is 1.40. The van der Waals surface area contributed by atoms with E-state index in [0.29, 0.717) is 29.8 Å². The monoisotopic (exact) mass is 291 g/mol. The third kappa shape index (κ3) is 2.50. The second-order valence-electron chi connectivity index (χ2n) is 4.21. The van der Waals surface area contributed by atoms with Gasteiger partial charge >= 0.3 is 0 Å². The van der Waals surface area contributed by atoms with Crippen LogP contribution < -0.4 is 10.1 Å². The molecular formula is C13H13N3O3S. The summed E-state index contributed by atoms with van der Waals surface area (Å²) in [7, 11) is 1.48. The first-order valence-electron chi connectivity index (χ1n) is 6.14. The fourth-order valence-corrected chi connectivity index (χ4v) is 2.91. The van der Waals surface area contributed by atoms with E-state index in [-0.39, 0.29) is 5.91 Å². The van der Waals surface area contributed by atoms with Gasteiger partial charge in [0.2, 0.25) is 5.88 Å². The molecule has 0 saturated heterocycles. The highest BCUT2D eigenvalue weighted by molar-refractivity contribution is 7.15. The largest absolute Gasteiger partial charge is 0.480 e. The molecule has 1 N–H and O–H groups in total. The molecule has 0 unspecified atom stereocenters. The molecule has 2 aromatic heterocycles. The molecule has 0 fully saturated rings. The van der Waals surface area contributed by atoms with E-state index in [4.69, 9.17) is 9.47 Å². The van der Waals surface area contributed by atoms with Crippen molar-refractivity contribution in [2.45, 2.75) is 13.0 Å². The van der Waals surface area contributed by atoms with E-state index in [0.717, 1.165) is 17.0 Å². The number of nitrogens with zero attached hydrogens (tertiary/aromatic N) is 2. The zero-order chi connectivity index (χ0) is 13.9. The highest BCUT2D eigenvalue weighted by Crippen LogP contribution is 2.27. The third-order valence-corrected chi connectivity index (χ3v) is 3.91. The van der Waals surface area contributed by atoms with Crippen molar-refractivity contribution in [3.05, 3.63) is 34.5 Å². The van der Waals surface area contributed by atoms with Crippen molar-refractivity contribution < 1.29 is 14.3 Å². The van der Waals surface area contributed by atoms with Crippen molar-refractivity contribution in [3.63, 3.8) is 0 Å². The van der Waals surface area contributed by atoms with E-state index in [1.54, 1.807) is 18.3 Å². The van der Waals surface area contributed by atoms with Crippen molar-refractivity contribution in [1.29, 1.82) is 0 Å². The average molecular weight is 291 g/mol. The Morgan fingerprint density at radius 2 is 2.45 bits per heavy atom. The number of methoxy groups -OCH3 is 1. The molecule has 104 valence electrons. The van der Waals surface area contributed by atoms with E-state index in [1.807, 2.05) is 0 Å². The van der Waals surface area contributed by atoms with Gasteiger partial charge in [-0.3, -0.25) is 10.1 Å². The Bertz CT molecular complexity index is 618. The summed E-state index contributed by atoms with van der Waals surface area (Å²) in [6.07, 6.45) is 2.37. The van der Waals surface area contributed by atoms with Gasteiger partial charge in [-0.05, 0) is 12.1 Å². The number of hydrogen-bond donors (Lipinski definition) is 1. The van der Waals surface area contributed by atoms with Crippen LogP contribution in [0.3, 0.4) is 0 Å². The molecule has 1 amide bonds. The minimum atomic E-state index is -0.276. The smallest absolute Gasteiger partial charge is 0.262 e. The fourth-order valence-electron chi connectivity index (χ4n) is 1.97. The molecule has 6 nitrogen and oxygen atoms in total. The van der Waals surface area contributed by atoms with Crippen molar-refractivity contribution in [2.75, 3.05) is 19.0 Å². The first-order chi connectivity index (χ1) is 9.78. The summed E-state index contributed by atoms with van der Waals surface area (Å²) in [4.78, 5) is 21.7. The van der Waals surface area contributed by atoms with Gasteiger partial charge in [0.1, 0.15) is 5.56 Å². The van der Waals surface area contributed by atoms with Crippen LogP contribution in [0.4, 0.5) is 5.13 Å². The van der Waals surface area contributed by atoms with Crippen LogP contribution in [-0.4, -0.2) is 29.6 Å². The van der Waals surface area contributed by atoms with Gasteiger partial charge in [-0.25, -0.2) is 9.97 Å². The summed E-state index contributed by atoms with van der Waals surface area (Å²) in [5.74, 6) is 0.0246. The molecule has 1 aliphatic rings. The first kappa shape index (κ1) is 13.0. The Hall–Kier alpha value is -1.99. The van der Waals surface area contributed by atoms with Crippen molar-refractivity contribution in [2.24, 2.45) is 0 Å². The molecule has 0 radical (unpaired) electrons. The van der Waals surface area contributed by atoms with Crippen LogP contribution in [0.2, 0.25) is 0 Å². The highest BCUT2D eigenvalue weighted by Gasteiger charge is 2.19. The number of pyridine rings is 1. The molecule has 3 heterocycles. The summed E-state index contributed by atoms with van der Waals surface area (Å²) >= 11 is 1.44. The molecular weight excluding hydrogens is 278 g/mol. The number of hydrogen-bond acceptors (Lipinski definition) is 6. The lowest BCUT2D eigenvalue weighted by Crippen LogP contribution is -2.13. The number of nitrogens with one attached hydrogen (secondary N) is 1. The molecule has 20 heavy (non-hydrogen) atoms. The van der Waals surface area contributed by atoms with Crippen molar-refractivity contribution in [1.82, 2.24) is 9.97 Å². The maximum absolute atomic E-state index is 12.2. The first-order valence-corrected chi connectivity index (χ1v) is 6.96. The minimum Gasteiger partial charge on any atom is -0.480 e. The number of aromatic nitrogens is 2. The van der Waals surface area contributed by atoms with Crippen LogP contribution in [0.25, 0.3) is 0 Å². The average Bonchev–Trinajstić information content (AvgIpc) is 2.89. The van der Waals surface area contributed by atoms with E-state index in [1.165, 1.54) is 18.4 Å². The lowest BCUT2D eigenvalue weighted by atomic mass is 10.2. The standard InChI is InChI=1S/C13H13N3O3S/c1-18-12-8(3-2-5-14-12)11(17)16-13-15-9-4-6-19-7-10(9)20-13/h2-3,5H,4,6-7H2,1H3,(H,15,16,17). The van der Waals surface area contributed by atoms with Crippen LogP contribution in [0, 0.1) is 0 Å². The number of thiazole rings is 1. The number of rotatable bonds is 3. The maximum atomic E-state index is 12.2. The summed E-state index contributed by atoms with van der Waals surface area (Å²) in [6, 6.07) is 3.36. The topological polar surface area (TPSA) is 73.3 Å². The van der Waals surface area contributed by atoms with Crippen molar-refractivity contribution >= 4 is 22.4 Å². The molecule has 1 aliphatic heterocycles. The molecule has 0 spiro atoms. The van der Waals surface area contributed by atoms with Crippen LogP contribution in [0.15, 0.2) is 18.3 Å². The van der Waals surface area contributed by atoms with E-state index in [9.17, 15) is 4.79 Å². The minimum absolute atomic E-state index is 0.276. The number of amides is 1. The summed E-state index contributed by atoms with van der Waals surface area (Å²) in [6.45, 7) is 1.25. The SMILES string of the molecule is COc1ncccc1C(=O)Nc1nc2c(s1)COCC2. The molecule has 0 bridgehead atoms. The zero-order valence-corrected chi connectivity index (χ0v) is 11.7. The predicted molar refractivity (Wildman–Crippen MR) is 74.2 cm³/mol. The van der Waals surface area contributed by atoms with Gasteiger partial charge in [0, 0.05) is 12.6 Å². The third-order valence-electron chi connectivity index (χ3n) is 2.92. The normalized spacial score (nSPS) is 13.7. The van der Waals surface area contributed by atoms with Gasteiger partial charge in [-0.15, -0.1) is 0 Å². The van der Waals surface area contributed by atoms with Crippen molar-refractivity contribution in [3.8, 4) is 5.88 Å². The van der Waals surface area contributed by atoms with Crippen LogP contribution in [-0.2, 0) is 17.8 Å². The molecule has 0 atom stereocenters. The van der Waals surface area contributed by atoms with E-state index < -0.39 is 0 Å². The molecule has 0 saturated carbocycles. The maximum Gasteiger partial charge on any atom is 0.262 e. The number of fused-ring (bicyclic) bond motifs is 1. The second-order valence-corrected chi connectivity index (χ2v) is 5.29. The molecule has 2 aromatic rings. The number of carbonyl (C=O) groups excluding carboxylic acids is 1. The second kappa shape index (κ2) is 5.56. The Balaban J connectivity index is 1.80. The van der Waals surface area contributed by atoms with E-state index in [2.05, 4.69) is 15.3 Å². The predicted octanol–water partition coefficient (Wildman–Crippen LogP) is 1.87. The van der Waals surface area contributed by atoms with Gasteiger partial charge in [0.15, 0.2) is 5.13 Å². The molecule has 0 aliphatic carbocycles. The lowest BCUT2D eigenvalue weighted by molar-refractivity contribution is 0.102. The Morgan fingerprint density at radius 1 is 1.55 bits per heavy atom. The summed E-state index contributed by atoms with van der Waals surface area (Å²) < 4.78 is 10.4. The number of ether oxygens (including phenoxy) is 2. The molecule has 0 aromatic carbocycles. The van der Waals surface area contributed by atoms with E-state index >= 15 is 0 Å². The van der Waals surface area contributed by atoms with Gasteiger partial charge < -0.3 is 9.47 Å². The molecule has 3 rings (SSSR count). The van der Waals surface area contributed by atoms with Gasteiger partial charge in [0.05, 0.1) is 30.9 Å². The highest BCUT2D eigenvalue weighted by atomic mass is 32.1.